The molecule has 29 heavy (non-hydrogen) atoms. The van der Waals surface area contributed by atoms with Gasteiger partial charge in [-0.3, -0.25) is 14.6 Å². The van der Waals surface area contributed by atoms with Gasteiger partial charge in [-0.2, -0.15) is 0 Å². The summed E-state index contributed by atoms with van der Waals surface area (Å²) in [4.78, 5) is 31.6. The number of aromatic nitrogens is 3. The first-order chi connectivity index (χ1) is 14.2. The molecule has 0 bridgehead atoms. The normalized spacial score (nSPS) is 13.0. The highest BCUT2D eigenvalue weighted by atomic mass is 32.1. The number of carbonyl (C=O) groups is 2. The van der Waals surface area contributed by atoms with E-state index in [1.807, 2.05) is 19.1 Å². The van der Waals surface area contributed by atoms with Crippen LogP contribution in [0.25, 0.3) is 0 Å². The largest absolute Gasteiger partial charge is 0.348 e. The molecule has 0 fully saturated rings. The number of pyridine rings is 1. The van der Waals surface area contributed by atoms with Gasteiger partial charge in [-0.15, -0.1) is 16.4 Å². The van der Waals surface area contributed by atoms with E-state index >= 15 is 0 Å². The van der Waals surface area contributed by atoms with Crippen LogP contribution in [0.5, 0.6) is 0 Å². The topological polar surface area (TPSA) is 96.9 Å². The molecule has 0 aromatic carbocycles. The van der Waals surface area contributed by atoms with E-state index in [4.69, 9.17) is 0 Å². The Labute approximate surface area is 176 Å². The summed E-state index contributed by atoms with van der Waals surface area (Å²) in [5.74, 6) is -0.418. The Hall–Kier alpha value is -2.65. The third kappa shape index (κ3) is 4.20. The Bertz CT molecular complexity index is 1030. The molecule has 0 radical (unpaired) electrons. The number of anilines is 1. The molecule has 1 aliphatic carbocycles. The first kappa shape index (κ1) is 19.7. The van der Waals surface area contributed by atoms with Crippen molar-refractivity contribution in [2.45, 2.75) is 45.6 Å². The van der Waals surface area contributed by atoms with Crippen molar-refractivity contribution in [2.75, 3.05) is 5.32 Å². The standard InChI is InChI=1S/C20H21N5O2S2/c1-2-14-17(29-25-24-14)19(27)23-20-16(13-7-3-4-8-15(13)28-20)18(26)22-11-12-6-5-9-21-10-12/h5-6,9-10H,2-4,7-8,11H2,1H3,(H,22,26)(H,23,27). The van der Waals surface area contributed by atoms with E-state index in [1.54, 1.807) is 12.4 Å². The van der Waals surface area contributed by atoms with Gasteiger partial charge in [0.05, 0.1) is 11.3 Å². The first-order valence-corrected chi connectivity index (χ1v) is 11.2. The Morgan fingerprint density at radius 3 is 2.86 bits per heavy atom. The second-order valence-corrected chi connectivity index (χ2v) is 8.67. The number of nitrogens with one attached hydrogen (secondary N) is 2. The molecule has 2 amide bonds. The molecule has 3 heterocycles. The zero-order valence-corrected chi connectivity index (χ0v) is 17.7. The Balaban J connectivity index is 1.59. The van der Waals surface area contributed by atoms with Crippen molar-refractivity contribution in [2.24, 2.45) is 0 Å². The Morgan fingerprint density at radius 1 is 1.21 bits per heavy atom. The fraction of sp³-hybridized carbons (Fsp3) is 0.350. The van der Waals surface area contributed by atoms with Gasteiger partial charge in [-0.1, -0.05) is 17.5 Å². The lowest BCUT2D eigenvalue weighted by Gasteiger charge is -2.13. The van der Waals surface area contributed by atoms with Crippen molar-refractivity contribution in [1.82, 2.24) is 19.9 Å². The van der Waals surface area contributed by atoms with Crippen LogP contribution >= 0.6 is 22.9 Å². The van der Waals surface area contributed by atoms with Gasteiger partial charge in [0.1, 0.15) is 9.88 Å². The molecule has 0 saturated heterocycles. The first-order valence-electron chi connectivity index (χ1n) is 9.61. The summed E-state index contributed by atoms with van der Waals surface area (Å²) in [5, 5.41) is 10.6. The maximum Gasteiger partial charge on any atom is 0.269 e. The molecule has 0 unspecified atom stereocenters. The minimum Gasteiger partial charge on any atom is -0.348 e. The van der Waals surface area contributed by atoms with Crippen molar-refractivity contribution in [3.05, 3.63) is 56.7 Å². The maximum atomic E-state index is 13.1. The van der Waals surface area contributed by atoms with Crippen LogP contribution in [0.4, 0.5) is 5.00 Å². The molecule has 150 valence electrons. The zero-order valence-electron chi connectivity index (χ0n) is 16.0. The minimum absolute atomic E-state index is 0.165. The predicted octanol–water partition coefficient (Wildman–Crippen LogP) is 3.62. The number of hydrogen-bond acceptors (Lipinski definition) is 7. The van der Waals surface area contributed by atoms with Crippen molar-refractivity contribution in [1.29, 1.82) is 0 Å². The summed E-state index contributed by atoms with van der Waals surface area (Å²) >= 11 is 2.59. The lowest BCUT2D eigenvalue weighted by atomic mass is 9.95. The highest BCUT2D eigenvalue weighted by molar-refractivity contribution is 7.17. The molecule has 0 aliphatic heterocycles. The number of hydrogen-bond donors (Lipinski definition) is 2. The molecule has 0 saturated carbocycles. The molecule has 0 spiro atoms. The summed E-state index contributed by atoms with van der Waals surface area (Å²) < 4.78 is 3.89. The Kier molecular flexibility index (Phi) is 5.96. The minimum atomic E-state index is -0.253. The lowest BCUT2D eigenvalue weighted by Crippen LogP contribution is -2.25. The molecule has 9 heteroatoms. The molecule has 2 N–H and O–H groups in total. The van der Waals surface area contributed by atoms with E-state index in [0.717, 1.165) is 48.3 Å². The number of carbonyl (C=O) groups excluding carboxylic acids is 2. The second-order valence-electron chi connectivity index (χ2n) is 6.82. The monoisotopic (exact) mass is 427 g/mol. The van der Waals surface area contributed by atoms with Crippen LogP contribution in [0.3, 0.4) is 0 Å². The van der Waals surface area contributed by atoms with Gasteiger partial charge >= 0.3 is 0 Å². The van der Waals surface area contributed by atoms with Crippen molar-refractivity contribution in [3.63, 3.8) is 0 Å². The zero-order chi connectivity index (χ0) is 20.2. The van der Waals surface area contributed by atoms with Crippen LogP contribution in [0.1, 0.15) is 61.5 Å². The van der Waals surface area contributed by atoms with E-state index < -0.39 is 0 Å². The summed E-state index contributed by atoms with van der Waals surface area (Å²) in [6.45, 7) is 2.33. The maximum absolute atomic E-state index is 13.1. The number of amides is 2. The molecular formula is C20H21N5O2S2. The molecular weight excluding hydrogens is 406 g/mol. The fourth-order valence-corrected chi connectivity index (χ4v) is 5.37. The van der Waals surface area contributed by atoms with Crippen LogP contribution in [0.2, 0.25) is 0 Å². The van der Waals surface area contributed by atoms with Crippen LogP contribution in [0, 0.1) is 0 Å². The number of fused-ring (bicyclic) bond motifs is 1. The smallest absolute Gasteiger partial charge is 0.269 e. The highest BCUT2D eigenvalue weighted by Gasteiger charge is 2.27. The lowest BCUT2D eigenvalue weighted by molar-refractivity contribution is 0.0951. The highest BCUT2D eigenvalue weighted by Crippen LogP contribution is 2.38. The van der Waals surface area contributed by atoms with Gasteiger partial charge in [0, 0.05) is 23.8 Å². The number of aryl methyl sites for hydroxylation is 2. The van der Waals surface area contributed by atoms with Crippen LogP contribution in [-0.2, 0) is 25.8 Å². The number of thiophene rings is 1. The number of nitrogens with zero attached hydrogens (tertiary/aromatic N) is 3. The number of rotatable bonds is 6. The SMILES string of the molecule is CCc1nnsc1C(=O)Nc1sc2c(c1C(=O)NCc1cccnc1)CCCC2. The second kappa shape index (κ2) is 8.79. The van der Waals surface area contributed by atoms with E-state index in [2.05, 4.69) is 25.2 Å². The summed E-state index contributed by atoms with van der Waals surface area (Å²) in [6.07, 6.45) is 8.04. The van der Waals surface area contributed by atoms with E-state index in [0.29, 0.717) is 34.1 Å². The van der Waals surface area contributed by atoms with E-state index in [1.165, 1.54) is 16.2 Å². The van der Waals surface area contributed by atoms with Crippen molar-refractivity contribution >= 4 is 39.7 Å². The molecule has 7 nitrogen and oxygen atoms in total. The van der Waals surface area contributed by atoms with E-state index in [-0.39, 0.29) is 11.8 Å². The van der Waals surface area contributed by atoms with Gasteiger partial charge < -0.3 is 10.6 Å². The van der Waals surface area contributed by atoms with Gasteiger partial charge in [0.2, 0.25) is 0 Å². The third-order valence-corrected chi connectivity index (χ3v) is 6.87. The van der Waals surface area contributed by atoms with Crippen molar-refractivity contribution < 1.29 is 9.59 Å². The predicted molar refractivity (Wildman–Crippen MR) is 114 cm³/mol. The van der Waals surface area contributed by atoms with Gasteiger partial charge in [-0.25, -0.2) is 0 Å². The molecule has 1 aliphatic rings. The van der Waals surface area contributed by atoms with Crippen molar-refractivity contribution in [3.8, 4) is 0 Å². The fourth-order valence-electron chi connectivity index (χ4n) is 3.44. The molecule has 3 aromatic heterocycles. The van der Waals surface area contributed by atoms with Crippen LogP contribution < -0.4 is 10.6 Å². The molecule has 3 aromatic rings. The molecule has 0 atom stereocenters. The van der Waals surface area contributed by atoms with Crippen LogP contribution in [0.15, 0.2) is 24.5 Å². The van der Waals surface area contributed by atoms with E-state index in [9.17, 15) is 9.59 Å². The van der Waals surface area contributed by atoms with Gasteiger partial charge in [0.15, 0.2) is 0 Å². The average Bonchev–Trinajstić information content (AvgIpc) is 3.37. The van der Waals surface area contributed by atoms with Crippen LogP contribution in [-0.4, -0.2) is 26.4 Å². The van der Waals surface area contributed by atoms with Gasteiger partial charge in [-0.05, 0) is 60.8 Å². The summed E-state index contributed by atoms with van der Waals surface area (Å²) in [5.41, 5.74) is 3.27. The average molecular weight is 428 g/mol. The Morgan fingerprint density at radius 2 is 2.07 bits per heavy atom. The quantitative estimate of drug-likeness (QED) is 0.626. The summed E-state index contributed by atoms with van der Waals surface area (Å²) in [6, 6.07) is 3.76. The third-order valence-electron chi connectivity index (χ3n) is 4.90. The van der Waals surface area contributed by atoms with Gasteiger partial charge in [0.25, 0.3) is 11.8 Å². The molecule has 4 rings (SSSR count). The summed E-state index contributed by atoms with van der Waals surface area (Å²) in [7, 11) is 0.